The molecule has 2 unspecified atom stereocenters. The van der Waals surface area contributed by atoms with Gasteiger partial charge in [0.15, 0.2) is 5.96 Å². The Kier molecular flexibility index (Phi) is 10.6. The first-order valence-corrected chi connectivity index (χ1v) is 11.1. The third-order valence-electron chi connectivity index (χ3n) is 5.55. The van der Waals surface area contributed by atoms with Gasteiger partial charge in [-0.15, -0.1) is 24.0 Å². The molecule has 0 spiro atoms. The lowest BCUT2D eigenvalue weighted by atomic mass is 9.79. The maximum atomic E-state index is 10.8. The predicted molar refractivity (Wildman–Crippen MR) is 125 cm³/mol. The summed E-state index contributed by atoms with van der Waals surface area (Å²) in [5.74, 6) is 1.89. The van der Waals surface area contributed by atoms with Crippen molar-refractivity contribution in [3.63, 3.8) is 0 Å². The number of aliphatic hydroxyl groups is 1. The van der Waals surface area contributed by atoms with Gasteiger partial charge in [0.25, 0.3) is 0 Å². The molecule has 2 aliphatic rings. The number of guanidine groups is 1. The van der Waals surface area contributed by atoms with Gasteiger partial charge in [0.2, 0.25) is 0 Å². The van der Waals surface area contributed by atoms with Crippen LogP contribution in [-0.2, 0) is 0 Å². The van der Waals surface area contributed by atoms with E-state index in [2.05, 4.69) is 43.2 Å². The van der Waals surface area contributed by atoms with Gasteiger partial charge in [-0.1, -0.05) is 13.3 Å². The lowest BCUT2D eigenvalue weighted by Crippen LogP contribution is -2.58. The minimum atomic E-state index is -0.584. The molecule has 26 heavy (non-hydrogen) atoms. The second-order valence-corrected chi connectivity index (χ2v) is 9.47. The number of nitrogens with one attached hydrogen (secondary N) is 2. The minimum absolute atomic E-state index is 0. The Labute approximate surface area is 181 Å². The van der Waals surface area contributed by atoms with Crippen LogP contribution in [0.15, 0.2) is 4.99 Å². The van der Waals surface area contributed by atoms with Crippen LogP contribution in [0.25, 0.3) is 0 Å². The Morgan fingerprint density at radius 1 is 1.23 bits per heavy atom. The van der Waals surface area contributed by atoms with Crippen molar-refractivity contribution in [3.05, 3.63) is 0 Å². The van der Waals surface area contributed by atoms with Crippen molar-refractivity contribution >= 4 is 41.7 Å². The second kappa shape index (κ2) is 11.3. The lowest BCUT2D eigenvalue weighted by molar-refractivity contribution is -0.0198. The molecule has 0 amide bonds. The Morgan fingerprint density at radius 2 is 1.92 bits per heavy atom. The molecule has 3 N–H and O–H groups in total. The van der Waals surface area contributed by atoms with Gasteiger partial charge in [0.1, 0.15) is 0 Å². The number of thioether (sulfide) groups is 1. The van der Waals surface area contributed by atoms with E-state index in [0.717, 1.165) is 37.6 Å². The van der Waals surface area contributed by atoms with Crippen LogP contribution in [0.5, 0.6) is 0 Å². The van der Waals surface area contributed by atoms with E-state index >= 15 is 0 Å². The van der Waals surface area contributed by atoms with Crippen molar-refractivity contribution in [2.45, 2.75) is 76.2 Å². The summed E-state index contributed by atoms with van der Waals surface area (Å²) >= 11 is 1.87. The summed E-state index contributed by atoms with van der Waals surface area (Å²) in [4.78, 5) is 7.39. The molecule has 1 saturated carbocycles. The fourth-order valence-corrected chi connectivity index (χ4v) is 4.89. The third kappa shape index (κ3) is 6.71. The molecule has 1 aliphatic heterocycles. The Bertz CT molecular complexity index is 443. The molecule has 1 aliphatic carbocycles. The quantitative estimate of drug-likeness (QED) is 0.273. The molecular weight excluding hydrogens is 459 g/mol. The molecule has 2 atom stereocenters. The minimum Gasteiger partial charge on any atom is -0.387 e. The van der Waals surface area contributed by atoms with Crippen LogP contribution in [0.4, 0.5) is 0 Å². The molecule has 5 nitrogen and oxygen atoms in total. The third-order valence-corrected chi connectivity index (χ3v) is 6.96. The smallest absolute Gasteiger partial charge is 0.191 e. The molecule has 0 bridgehead atoms. The number of hydrogen-bond acceptors (Lipinski definition) is 4. The summed E-state index contributed by atoms with van der Waals surface area (Å²) in [7, 11) is 0. The van der Waals surface area contributed by atoms with Crippen LogP contribution in [0.3, 0.4) is 0 Å². The highest BCUT2D eigenvalue weighted by Gasteiger charge is 2.45. The molecule has 0 aromatic carbocycles. The summed E-state index contributed by atoms with van der Waals surface area (Å²) in [6, 6.07) is 0. The van der Waals surface area contributed by atoms with Gasteiger partial charge in [0.05, 0.1) is 12.1 Å². The average molecular weight is 499 g/mol. The molecule has 0 aromatic rings. The fourth-order valence-electron chi connectivity index (χ4n) is 3.69. The first-order valence-electron chi connectivity index (χ1n) is 10.0. The summed E-state index contributed by atoms with van der Waals surface area (Å²) in [5.41, 5.74) is -0.504. The van der Waals surface area contributed by atoms with Crippen molar-refractivity contribution in [2.24, 2.45) is 4.99 Å². The molecule has 1 saturated heterocycles. The highest BCUT2D eigenvalue weighted by Crippen LogP contribution is 2.40. The number of halogens is 1. The molecule has 1 heterocycles. The Hall–Kier alpha value is 0.270. The largest absolute Gasteiger partial charge is 0.387 e. The standard InChI is InChI=1S/C19H38N4OS.HI/c1-5-20-17(22-15-19(24)11-10-16(19)25-6-2)21-14-18(3,4)23-12-8-7-9-13-23;/h16,24H,5-15H2,1-4H3,(H2,20,21,22);1H. The zero-order valence-electron chi connectivity index (χ0n) is 17.0. The molecule has 0 radical (unpaired) electrons. The maximum absolute atomic E-state index is 10.8. The first-order chi connectivity index (χ1) is 11.9. The number of hydrogen-bond donors (Lipinski definition) is 3. The summed E-state index contributed by atoms with van der Waals surface area (Å²) in [5, 5.41) is 17.8. The van der Waals surface area contributed by atoms with Crippen LogP contribution in [0.1, 0.15) is 59.8 Å². The van der Waals surface area contributed by atoms with Gasteiger partial charge < -0.3 is 15.7 Å². The van der Waals surface area contributed by atoms with Gasteiger partial charge in [-0.3, -0.25) is 9.89 Å². The predicted octanol–water partition coefficient (Wildman–Crippen LogP) is 3.07. The molecule has 154 valence electrons. The van der Waals surface area contributed by atoms with Crippen molar-refractivity contribution in [2.75, 3.05) is 38.5 Å². The number of rotatable bonds is 8. The van der Waals surface area contributed by atoms with Crippen LogP contribution >= 0.6 is 35.7 Å². The molecule has 7 heteroatoms. The topological polar surface area (TPSA) is 59.9 Å². The van der Waals surface area contributed by atoms with E-state index < -0.39 is 5.60 Å². The fraction of sp³-hybridized carbons (Fsp3) is 0.947. The van der Waals surface area contributed by atoms with E-state index in [1.54, 1.807) is 0 Å². The van der Waals surface area contributed by atoms with Crippen LogP contribution in [0, 0.1) is 0 Å². The van der Waals surface area contributed by atoms with Gasteiger partial charge >= 0.3 is 0 Å². The van der Waals surface area contributed by atoms with Crippen molar-refractivity contribution in [3.8, 4) is 0 Å². The first kappa shape index (κ1) is 24.3. The highest BCUT2D eigenvalue weighted by atomic mass is 127. The lowest BCUT2D eigenvalue weighted by Gasteiger charge is -2.45. The number of aliphatic imine (C=N–C) groups is 1. The molecular formula is C19H39IN4OS. The average Bonchev–Trinajstić information content (AvgIpc) is 2.61. The van der Waals surface area contributed by atoms with Gasteiger partial charge in [-0.25, -0.2) is 0 Å². The zero-order valence-corrected chi connectivity index (χ0v) is 20.2. The van der Waals surface area contributed by atoms with Gasteiger partial charge in [0, 0.05) is 23.9 Å². The highest BCUT2D eigenvalue weighted by molar-refractivity contribution is 14.0. The number of likely N-dealkylation sites (tertiary alicyclic amines) is 1. The summed E-state index contributed by atoms with van der Waals surface area (Å²) < 4.78 is 0. The molecule has 2 rings (SSSR count). The van der Waals surface area contributed by atoms with E-state index in [9.17, 15) is 5.11 Å². The van der Waals surface area contributed by atoms with E-state index in [-0.39, 0.29) is 29.5 Å². The van der Waals surface area contributed by atoms with Gasteiger partial charge in [-0.2, -0.15) is 11.8 Å². The van der Waals surface area contributed by atoms with Gasteiger partial charge in [-0.05, 0) is 65.3 Å². The normalized spacial score (nSPS) is 27.4. The number of piperidine rings is 1. The summed E-state index contributed by atoms with van der Waals surface area (Å²) in [6.45, 7) is 13.4. The van der Waals surface area contributed by atoms with E-state index in [0.29, 0.717) is 11.8 Å². The van der Waals surface area contributed by atoms with Crippen molar-refractivity contribution < 1.29 is 5.11 Å². The second-order valence-electron chi connectivity index (χ2n) is 8.00. The molecule has 2 fully saturated rings. The summed E-state index contributed by atoms with van der Waals surface area (Å²) in [6.07, 6.45) is 5.96. The number of nitrogens with zero attached hydrogens (tertiary/aromatic N) is 2. The van der Waals surface area contributed by atoms with Crippen molar-refractivity contribution in [1.82, 2.24) is 15.5 Å². The van der Waals surface area contributed by atoms with Crippen LogP contribution < -0.4 is 10.6 Å². The van der Waals surface area contributed by atoms with Crippen molar-refractivity contribution in [1.29, 1.82) is 0 Å². The maximum Gasteiger partial charge on any atom is 0.191 e. The Balaban J connectivity index is 0.00000338. The van der Waals surface area contributed by atoms with Crippen LogP contribution in [0.2, 0.25) is 0 Å². The van der Waals surface area contributed by atoms with E-state index in [1.165, 1.54) is 32.4 Å². The monoisotopic (exact) mass is 498 g/mol. The Morgan fingerprint density at radius 3 is 2.46 bits per heavy atom. The van der Waals surface area contributed by atoms with Crippen LogP contribution in [-0.4, -0.2) is 70.8 Å². The van der Waals surface area contributed by atoms with E-state index in [1.807, 2.05) is 11.8 Å². The SMILES string of the molecule is CCNC(=NCC(C)(C)N1CCCCC1)NCC1(O)CCC1SCC.I. The zero-order chi connectivity index (χ0) is 18.3. The molecule has 0 aromatic heterocycles. The van der Waals surface area contributed by atoms with E-state index in [4.69, 9.17) is 4.99 Å².